The van der Waals surface area contributed by atoms with Crippen LogP contribution in [0.3, 0.4) is 0 Å². The Hall–Kier alpha value is -5.48. The highest BCUT2D eigenvalue weighted by Gasteiger charge is 2.47. The molecule has 1 unspecified atom stereocenters. The standard InChI is InChI=1S/C19H20N2O3.C19H20N2O2.H2O/c1-2-3-9-17-18(23)20(14-7-5-4-6-8-14)21(19(17)24)15-10-12-16(22)13-11-15;1-2-3-14-17-18(22)20(15-10-6-4-7-11-15)21(19(17)23)16-12-8-5-9-13-16;/h4-8,10-13,17,22H,2-3,9H2,1H3;4-13,17H,2-3,14H2,1H3;1H2. The van der Waals surface area contributed by atoms with Crippen LogP contribution in [0.25, 0.3) is 0 Å². The van der Waals surface area contributed by atoms with E-state index in [2.05, 4.69) is 6.92 Å². The van der Waals surface area contributed by atoms with Crippen LogP contribution in [0, 0.1) is 11.8 Å². The number of nitrogens with zero attached hydrogens (tertiary/aromatic N) is 4. The van der Waals surface area contributed by atoms with Crippen LogP contribution >= 0.6 is 0 Å². The highest BCUT2D eigenvalue weighted by molar-refractivity contribution is 6.23. The lowest BCUT2D eigenvalue weighted by Crippen LogP contribution is -2.41. The zero-order valence-corrected chi connectivity index (χ0v) is 27.2. The Labute approximate surface area is 281 Å². The topological polar surface area (TPSA) is 133 Å². The second-order valence-electron chi connectivity index (χ2n) is 11.5. The molecule has 48 heavy (non-hydrogen) atoms. The molecule has 10 nitrogen and oxygen atoms in total. The number of hydrogen-bond donors (Lipinski definition) is 1. The summed E-state index contributed by atoms with van der Waals surface area (Å²) in [7, 11) is 0. The van der Waals surface area contributed by atoms with Gasteiger partial charge in [0.05, 0.1) is 22.7 Å². The monoisotopic (exact) mass is 650 g/mol. The summed E-state index contributed by atoms with van der Waals surface area (Å²) >= 11 is 0. The highest BCUT2D eigenvalue weighted by atomic mass is 16.3. The van der Waals surface area contributed by atoms with E-state index in [4.69, 9.17) is 0 Å². The third kappa shape index (κ3) is 7.39. The first-order valence-corrected chi connectivity index (χ1v) is 16.2. The Kier molecular flexibility index (Phi) is 12.1. The third-order valence-corrected chi connectivity index (χ3v) is 8.22. The van der Waals surface area contributed by atoms with Crippen molar-refractivity contribution in [3.63, 3.8) is 0 Å². The zero-order valence-electron chi connectivity index (χ0n) is 27.2. The largest absolute Gasteiger partial charge is 0.508 e. The van der Waals surface area contributed by atoms with Gasteiger partial charge in [0.15, 0.2) is 0 Å². The van der Waals surface area contributed by atoms with Crippen LogP contribution < -0.4 is 20.0 Å². The Balaban J connectivity index is 0.000000212. The number of benzene rings is 4. The number of carbonyl (C=O) groups excluding carboxylic acids is 4. The number of phenolic OH excluding ortho intramolecular Hbond substituents is 1. The van der Waals surface area contributed by atoms with Gasteiger partial charge in [0.25, 0.3) is 23.6 Å². The molecule has 6 rings (SSSR count). The van der Waals surface area contributed by atoms with Crippen LogP contribution in [0.2, 0.25) is 0 Å². The van der Waals surface area contributed by atoms with Gasteiger partial charge in [-0.2, -0.15) is 0 Å². The normalized spacial score (nSPS) is 16.2. The van der Waals surface area contributed by atoms with Crippen LogP contribution in [0.15, 0.2) is 115 Å². The zero-order chi connectivity index (χ0) is 33.3. The van der Waals surface area contributed by atoms with Crippen molar-refractivity contribution < 1.29 is 29.8 Å². The predicted octanol–water partition coefficient (Wildman–Crippen LogP) is 6.46. The number of hydrogen-bond acceptors (Lipinski definition) is 5. The molecule has 0 saturated carbocycles. The van der Waals surface area contributed by atoms with Crippen molar-refractivity contribution in [2.45, 2.75) is 52.4 Å². The Morgan fingerprint density at radius 1 is 0.458 bits per heavy atom. The number of anilines is 4. The lowest BCUT2D eigenvalue weighted by molar-refractivity contribution is -0.128. The van der Waals surface area contributed by atoms with Crippen LogP contribution in [0.1, 0.15) is 52.4 Å². The first-order chi connectivity index (χ1) is 22.9. The molecule has 10 heteroatoms. The summed E-state index contributed by atoms with van der Waals surface area (Å²) in [5.41, 5.74) is 2.65. The molecule has 2 saturated heterocycles. The number of rotatable bonds is 10. The molecule has 0 radical (unpaired) electrons. The van der Waals surface area contributed by atoms with Crippen molar-refractivity contribution in [2.75, 3.05) is 20.0 Å². The third-order valence-electron chi connectivity index (χ3n) is 8.22. The SMILES string of the molecule is CCCCC1C(=O)N(c2ccccc2)N(c2ccc(O)cc2)C1=O.CCCCC1C(=O)N(c2ccccc2)N(c2ccccc2)C1=O.O. The van der Waals surface area contributed by atoms with Crippen LogP contribution in [-0.4, -0.2) is 34.2 Å². The maximum atomic E-state index is 12.9. The molecule has 4 amide bonds. The minimum atomic E-state index is -0.654. The van der Waals surface area contributed by atoms with Gasteiger partial charge in [-0.15, -0.1) is 0 Å². The van der Waals surface area contributed by atoms with Gasteiger partial charge < -0.3 is 10.6 Å². The van der Waals surface area contributed by atoms with Crippen LogP contribution in [-0.2, 0) is 19.2 Å². The van der Waals surface area contributed by atoms with Gasteiger partial charge in [-0.05, 0) is 73.5 Å². The number of para-hydroxylation sites is 3. The fourth-order valence-electron chi connectivity index (χ4n) is 5.78. The molecule has 2 aliphatic heterocycles. The molecule has 0 aromatic heterocycles. The lowest BCUT2D eigenvalue weighted by Gasteiger charge is -2.27. The van der Waals surface area contributed by atoms with E-state index in [1.165, 1.54) is 32.2 Å². The number of amides is 4. The van der Waals surface area contributed by atoms with Crippen molar-refractivity contribution in [1.82, 2.24) is 0 Å². The Morgan fingerprint density at radius 3 is 1.00 bits per heavy atom. The summed E-state index contributed by atoms with van der Waals surface area (Å²) in [5.74, 6) is -1.83. The van der Waals surface area contributed by atoms with Crippen LogP contribution in [0.5, 0.6) is 5.75 Å². The summed E-state index contributed by atoms with van der Waals surface area (Å²) in [4.78, 5) is 51.5. The maximum absolute atomic E-state index is 12.9. The number of unbranched alkanes of at least 4 members (excludes halogenated alkanes) is 2. The fourth-order valence-corrected chi connectivity index (χ4v) is 5.78. The van der Waals surface area contributed by atoms with E-state index in [1.54, 1.807) is 24.3 Å². The van der Waals surface area contributed by atoms with E-state index in [1.807, 2.05) is 85.8 Å². The van der Waals surface area contributed by atoms with Gasteiger partial charge >= 0.3 is 0 Å². The summed E-state index contributed by atoms with van der Waals surface area (Å²) in [6.45, 7) is 4.10. The molecule has 2 aliphatic rings. The van der Waals surface area contributed by atoms with Crippen molar-refractivity contribution in [2.24, 2.45) is 11.8 Å². The summed E-state index contributed by atoms with van der Waals surface area (Å²) in [6.07, 6.45) is 4.74. The van der Waals surface area contributed by atoms with E-state index >= 15 is 0 Å². The van der Waals surface area contributed by atoms with E-state index in [-0.39, 0.29) is 34.9 Å². The van der Waals surface area contributed by atoms with Crippen molar-refractivity contribution in [3.05, 3.63) is 115 Å². The van der Waals surface area contributed by atoms with E-state index in [0.717, 1.165) is 25.7 Å². The second-order valence-corrected chi connectivity index (χ2v) is 11.5. The van der Waals surface area contributed by atoms with Crippen molar-refractivity contribution >= 4 is 46.4 Å². The first kappa shape index (κ1) is 35.4. The smallest absolute Gasteiger partial charge is 0.258 e. The summed E-state index contributed by atoms with van der Waals surface area (Å²) in [6, 6.07) is 34.1. The molecule has 2 heterocycles. The second kappa shape index (κ2) is 16.4. The molecular weight excluding hydrogens is 608 g/mol. The molecule has 4 aromatic rings. The van der Waals surface area contributed by atoms with Gasteiger partial charge in [0.1, 0.15) is 17.6 Å². The van der Waals surface area contributed by atoms with Crippen molar-refractivity contribution in [1.29, 1.82) is 0 Å². The molecule has 3 N–H and O–H groups in total. The van der Waals surface area contributed by atoms with Gasteiger partial charge in [-0.25, -0.2) is 20.0 Å². The molecule has 0 bridgehead atoms. The van der Waals surface area contributed by atoms with Crippen molar-refractivity contribution in [3.8, 4) is 5.75 Å². The number of aromatic hydroxyl groups is 1. The molecule has 4 aromatic carbocycles. The van der Waals surface area contributed by atoms with E-state index < -0.39 is 11.8 Å². The van der Waals surface area contributed by atoms with E-state index in [0.29, 0.717) is 35.6 Å². The summed E-state index contributed by atoms with van der Waals surface area (Å²) < 4.78 is 0. The van der Waals surface area contributed by atoms with Gasteiger partial charge in [0, 0.05) is 0 Å². The maximum Gasteiger partial charge on any atom is 0.258 e. The average Bonchev–Trinajstić information content (AvgIpc) is 3.51. The number of carbonyl (C=O) groups is 4. The number of hydrazine groups is 2. The van der Waals surface area contributed by atoms with Crippen LogP contribution in [0.4, 0.5) is 22.7 Å². The molecular formula is C38H42N4O6. The Morgan fingerprint density at radius 2 is 0.729 bits per heavy atom. The lowest BCUT2D eigenvalue weighted by atomic mass is 10.0. The molecule has 0 spiro atoms. The minimum Gasteiger partial charge on any atom is -0.508 e. The van der Waals surface area contributed by atoms with Gasteiger partial charge in [-0.3, -0.25) is 19.2 Å². The van der Waals surface area contributed by atoms with E-state index in [9.17, 15) is 24.3 Å². The first-order valence-electron chi connectivity index (χ1n) is 16.2. The molecule has 1 atom stereocenters. The molecule has 2 fully saturated rings. The predicted molar refractivity (Wildman–Crippen MR) is 187 cm³/mol. The minimum absolute atomic E-state index is 0. The average molecular weight is 651 g/mol. The molecule has 250 valence electrons. The Bertz CT molecular complexity index is 1610. The van der Waals surface area contributed by atoms with Gasteiger partial charge in [-0.1, -0.05) is 94.1 Å². The fraction of sp³-hybridized carbons (Fsp3) is 0.263. The van der Waals surface area contributed by atoms with Gasteiger partial charge in [0.2, 0.25) is 0 Å². The highest BCUT2D eigenvalue weighted by Crippen LogP contribution is 2.35. The number of phenols is 1. The summed E-state index contributed by atoms with van der Waals surface area (Å²) in [5, 5.41) is 15.4. The molecule has 0 aliphatic carbocycles. The quantitative estimate of drug-likeness (QED) is 0.197.